The van der Waals surface area contributed by atoms with Crippen molar-refractivity contribution < 1.29 is 40.6 Å². The van der Waals surface area contributed by atoms with Crippen LogP contribution in [0.4, 0.5) is 32.0 Å². The van der Waals surface area contributed by atoms with Crippen molar-refractivity contribution in [3.8, 4) is 11.5 Å². The van der Waals surface area contributed by atoms with Crippen molar-refractivity contribution in [2.45, 2.75) is 25.9 Å². The Bertz CT molecular complexity index is 1450. The number of hydrogen-bond donors (Lipinski definition) is 0. The number of carbonyl (C=O) groups is 1. The van der Waals surface area contributed by atoms with E-state index in [4.69, 9.17) is 9.47 Å². The number of anilines is 1. The highest BCUT2D eigenvalue weighted by atomic mass is 32.2. The topological polar surface area (TPSA) is 51.1 Å². The third-order valence-electron chi connectivity index (χ3n) is 5.84. The number of rotatable bonds is 7. The SMILES string of the molecule is CCN(C1=NC(=O)/C(=C\c2ccc(OCc3ccc(C(F)(F)F)cc3C(F)(F)F)c(OC)c2)S1)c1ccccc1. The van der Waals surface area contributed by atoms with Crippen LogP contribution in [0.15, 0.2) is 76.6 Å². The van der Waals surface area contributed by atoms with Gasteiger partial charge in [0.05, 0.1) is 23.1 Å². The first-order chi connectivity index (χ1) is 18.9. The predicted molar refractivity (Wildman–Crippen MR) is 141 cm³/mol. The van der Waals surface area contributed by atoms with Crippen LogP contribution in [0.3, 0.4) is 0 Å². The number of benzene rings is 3. The lowest BCUT2D eigenvalue weighted by Gasteiger charge is -2.21. The van der Waals surface area contributed by atoms with Crippen LogP contribution in [0.1, 0.15) is 29.2 Å². The summed E-state index contributed by atoms with van der Waals surface area (Å²) >= 11 is 1.20. The summed E-state index contributed by atoms with van der Waals surface area (Å²) in [5, 5.41) is 0.522. The van der Waals surface area contributed by atoms with E-state index < -0.39 is 41.6 Å². The molecule has 3 aromatic rings. The first kappa shape index (κ1) is 29.1. The molecule has 0 radical (unpaired) electrons. The number of hydrogen-bond acceptors (Lipinski definition) is 5. The van der Waals surface area contributed by atoms with E-state index in [0.29, 0.717) is 28.2 Å². The fraction of sp³-hybridized carbons (Fsp3) is 0.214. The van der Waals surface area contributed by atoms with E-state index in [1.807, 2.05) is 42.2 Å². The number of halogens is 6. The second-order valence-electron chi connectivity index (χ2n) is 8.46. The summed E-state index contributed by atoms with van der Waals surface area (Å²) in [7, 11) is 1.33. The second-order valence-corrected chi connectivity index (χ2v) is 9.47. The van der Waals surface area contributed by atoms with Crippen LogP contribution in [0.5, 0.6) is 11.5 Å². The van der Waals surface area contributed by atoms with Gasteiger partial charge in [-0.3, -0.25) is 4.79 Å². The zero-order valence-electron chi connectivity index (χ0n) is 21.1. The molecule has 0 aromatic heterocycles. The molecule has 4 rings (SSSR count). The van der Waals surface area contributed by atoms with Crippen molar-refractivity contribution in [2.75, 3.05) is 18.6 Å². The van der Waals surface area contributed by atoms with Gasteiger partial charge < -0.3 is 14.4 Å². The van der Waals surface area contributed by atoms with Gasteiger partial charge in [-0.05, 0) is 66.7 Å². The maximum absolute atomic E-state index is 13.5. The third-order valence-corrected chi connectivity index (χ3v) is 6.84. The van der Waals surface area contributed by atoms with Crippen LogP contribution in [-0.4, -0.2) is 24.7 Å². The molecule has 0 saturated carbocycles. The van der Waals surface area contributed by atoms with Crippen molar-refractivity contribution in [3.63, 3.8) is 0 Å². The molecule has 1 aliphatic heterocycles. The summed E-state index contributed by atoms with van der Waals surface area (Å²) in [6, 6.07) is 15.4. The number of aliphatic imine (C=N–C) groups is 1. The van der Waals surface area contributed by atoms with Crippen molar-refractivity contribution in [1.29, 1.82) is 0 Å². The first-order valence-corrected chi connectivity index (χ1v) is 12.7. The maximum atomic E-state index is 13.5. The molecule has 1 aliphatic rings. The summed E-state index contributed by atoms with van der Waals surface area (Å²) in [5.41, 5.74) is -1.88. The molecule has 40 heavy (non-hydrogen) atoms. The van der Waals surface area contributed by atoms with Crippen LogP contribution in [0.25, 0.3) is 6.08 Å². The Hall–Kier alpha value is -3.93. The van der Waals surface area contributed by atoms with Gasteiger partial charge in [-0.15, -0.1) is 0 Å². The second kappa shape index (κ2) is 11.7. The smallest absolute Gasteiger partial charge is 0.416 e. The number of methoxy groups -OCH3 is 1. The van der Waals surface area contributed by atoms with Crippen LogP contribution in [0, 0.1) is 0 Å². The molecule has 0 saturated heterocycles. The highest BCUT2D eigenvalue weighted by Gasteiger charge is 2.38. The monoisotopic (exact) mass is 580 g/mol. The van der Waals surface area contributed by atoms with E-state index in [0.717, 1.165) is 11.8 Å². The summed E-state index contributed by atoms with van der Waals surface area (Å²) in [6.45, 7) is 1.88. The molecule has 1 heterocycles. The summed E-state index contributed by atoms with van der Waals surface area (Å²) < 4.78 is 90.1. The highest BCUT2D eigenvalue weighted by molar-refractivity contribution is 8.18. The van der Waals surface area contributed by atoms with Gasteiger partial charge >= 0.3 is 12.4 Å². The number of carbonyl (C=O) groups excluding carboxylic acids is 1. The minimum absolute atomic E-state index is 0.0648. The van der Waals surface area contributed by atoms with E-state index in [1.54, 1.807) is 12.1 Å². The molecule has 0 spiro atoms. The molecule has 0 bridgehead atoms. The highest BCUT2D eigenvalue weighted by Crippen LogP contribution is 2.39. The van der Waals surface area contributed by atoms with Crippen LogP contribution in [0.2, 0.25) is 0 Å². The van der Waals surface area contributed by atoms with Gasteiger partial charge in [0, 0.05) is 17.8 Å². The van der Waals surface area contributed by atoms with Crippen molar-refractivity contribution >= 4 is 34.6 Å². The van der Waals surface area contributed by atoms with E-state index in [1.165, 1.54) is 31.0 Å². The molecule has 0 unspecified atom stereocenters. The Morgan fingerprint density at radius 2 is 1.65 bits per heavy atom. The number of thioether (sulfide) groups is 1. The predicted octanol–water partition coefficient (Wildman–Crippen LogP) is 7.81. The Morgan fingerprint density at radius 1 is 0.925 bits per heavy atom. The quantitative estimate of drug-likeness (QED) is 0.211. The van der Waals surface area contributed by atoms with Gasteiger partial charge in [0.2, 0.25) is 0 Å². The van der Waals surface area contributed by atoms with Gasteiger partial charge in [-0.2, -0.15) is 31.3 Å². The molecule has 1 amide bonds. The Kier molecular flexibility index (Phi) is 8.48. The minimum Gasteiger partial charge on any atom is -0.493 e. The van der Waals surface area contributed by atoms with Crippen molar-refractivity contribution in [3.05, 3.63) is 93.9 Å². The standard InChI is InChI=1S/C28H22F6N2O3S/c1-3-36(20-7-5-4-6-8-20)26-35-25(37)24(40-26)14-17-9-12-22(23(13-17)38-2)39-16-18-10-11-19(27(29,30)31)15-21(18)28(32,33)34/h4-15H,3,16H2,1-2H3/b24-14+. The van der Waals surface area contributed by atoms with Gasteiger partial charge in [-0.25, -0.2) is 0 Å². The molecule has 5 nitrogen and oxygen atoms in total. The number of para-hydroxylation sites is 1. The fourth-order valence-electron chi connectivity index (χ4n) is 3.89. The summed E-state index contributed by atoms with van der Waals surface area (Å²) in [4.78, 5) is 19.0. The summed E-state index contributed by atoms with van der Waals surface area (Å²) in [5.74, 6) is -0.192. The largest absolute Gasteiger partial charge is 0.493 e. The van der Waals surface area contributed by atoms with Crippen LogP contribution < -0.4 is 14.4 Å². The number of alkyl halides is 6. The molecule has 0 atom stereocenters. The molecule has 0 fully saturated rings. The van der Waals surface area contributed by atoms with Gasteiger partial charge in [-0.1, -0.05) is 30.3 Å². The normalized spacial score (nSPS) is 14.8. The van der Waals surface area contributed by atoms with Crippen LogP contribution in [-0.2, 0) is 23.8 Å². The molecule has 210 valence electrons. The number of amides is 1. The molecule has 12 heteroatoms. The fourth-order valence-corrected chi connectivity index (χ4v) is 4.89. The minimum atomic E-state index is -5.01. The molecule has 3 aromatic carbocycles. The Morgan fingerprint density at radius 3 is 2.27 bits per heavy atom. The zero-order chi connectivity index (χ0) is 29.1. The van der Waals surface area contributed by atoms with E-state index in [2.05, 4.69) is 4.99 Å². The zero-order valence-corrected chi connectivity index (χ0v) is 22.0. The Labute approximate surface area is 230 Å². The number of nitrogens with zero attached hydrogens (tertiary/aromatic N) is 2. The molecule has 0 aliphatic carbocycles. The average molecular weight is 581 g/mol. The van der Waals surface area contributed by atoms with Crippen molar-refractivity contribution in [2.24, 2.45) is 4.99 Å². The average Bonchev–Trinajstić information content (AvgIpc) is 3.26. The lowest BCUT2D eigenvalue weighted by Crippen LogP contribution is -2.26. The lowest BCUT2D eigenvalue weighted by molar-refractivity contribution is -0.143. The van der Waals surface area contributed by atoms with Gasteiger partial charge in [0.1, 0.15) is 6.61 Å². The maximum Gasteiger partial charge on any atom is 0.416 e. The van der Waals surface area contributed by atoms with Crippen LogP contribution >= 0.6 is 11.8 Å². The molecule has 0 N–H and O–H groups in total. The van der Waals surface area contributed by atoms with Gasteiger partial charge in [0.25, 0.3) is 5.91 Å². The van der Waals surface area contributed by atoms with E-state index >= 15 is 0 Å². The molecular weight excluding hydrogens is 558 g/mol. The first-order valence-electron chi connectivity index (χ1n) is 11.8. The third kappa shape index (κ3) is 6.61. The number of ether oxygens (including phenoxy) is 2. The molecular formula is C28H22F6N2O3S. The van der Waals surface area contributed by atoms with E-state index in [9.17, 15) is 31.1 Å². The Balaban J connectivity index is 1.52. The summed E-state index contributed by atoms with van der Waals surface area (Å²) in [6.07, 6.45) is -8.33. The van der Waals surface area contributed by atoms with E-state index in [-0.39, 0.29) is 17.6 Å². The number of amidine groups is 1. The van der Waals surface area contributed by atoms with Gasteiger partial charge in [0.15, 0.2) is 16.7 Å². The van der Waals surface area contributed by atoms with Crippen molar-refractivity contribution in [1.82, 2.24) is 0 Å². The lowest BCUT2D eigenvalue weighted by atomic mass is 10.0.